The van der Waals surface area contributed by atoms with Gasteiger partial charge in [-0.3, -0.25) is 14.2 Å². The number of carbonyl (C=O) groups excluding carboxylic acids is 1. The van der Waals surface area contributed by atoms with Crippen LogP contribution in [0.1, 0.15) is 35.6 Å². The van der Waals surface area contributed by atoms with Gasteiger partial charge < -0.3 is 4.90 Å². The molecule has 0 fully saturated rings. The van der Waals surface area contributed by atoms with Crippen LogP contribution in [-0.2, 0) is 19.6 Å². The lowest BCUT2D eigenvalue weighted by atomic mass is 10.2. The molecule has 0 atom stereocenters. The summed E-state index contributed by atoms with van der Waals surface area (Å²) in [4.78, 5) is 14.2. The summed E-state index contributed by atoms with van der Waals surface area (Å²) in [6, 6.07) is 1.94. The van der Waals surface area contributed by atoms with E-state index < -0.39 is 0 Å². The lowest BCUT2D eigenvalue weighted by molar-refractivity contribution is 0.0780. The van der Waals surface area contributed by atoms with Crippen LogP contribution in [0.25, 0.3) is 0 Å². The Morgan fingerprint density at radius 3 is 2.70 bits per heavy atom. The van der Waals surface area contributed by atoms with Crippen LogP contribution in [0.5, 0.6) is 0 Å². The highest BCUT2D eigenvalue weighted by molar-refractivity contribution is 5.94. The van der Waals surface area contributed by atoms with Gasteiger partial charge in [-0.1, -0.05) is 0 Å². The summed E-state index contributed by atoms with van der Waals surface area (Å²) in [5.41, 5.74) is 2.47. The van der Waals surface area contributed by atoms with E-state index in [1.807, 2.05) is 37.7 Å². The van der Waals surface area contributed by atoms with E-state index in [0.29, 0.717) is 12.1 Å². The summed E-state index contributed by atoms with van der Waals surface area (Å²) in [6.45, 7) is 8.02. The van der Waals surface area contributed by atoms with Crippen LogP contribution >= 0.6 is 0 Å². The van der Waals surface area contributed by atoms with E-state index in [1.165, 1.54) is 0 Å². The molecule has 0 saturated heterocycles. The van der Waals surface area contributed by atoms with Crippen LogP contribution in [0.3, 0.4) is 0 Å². The van der Waals surface area contributed by atoms with E-state index in [-0.39, 0.29) is 5.91 Å². The smallest absolute Gasteiger partial charge is 0.257 e. The first-order valence-corrected chi connectivity index (χ1v) is 6.87. The highest BCUT2D eigenvalue weighted by Gasteiger charge is 2.18. The van der Waals surface area contributed by atoms with Crippen molar-refractivity contribution < 1.29 is 4.79 Å². The van der Waals surface area contributed by atoms with Crippen molar-refractivity contribution in [2.75, 3.05) is 7.05 Å². The van der Waals surface area contributed by atoms with E-state index in [1.54, 1.807) is 22.8 Å². The summed E-state index contributed by atoms with van der Waals surface area (Å²) in [5.74, 6) is -0.00828. The third kappa shape index (κ3) is 2.74. The fraction of sp³-hybridized carbons (Fsp3) is 0.500. The highest BCUT2D eigenvalue weighted by atomic mass is 16.2. The van der Waals surface area contributed by atoms with Gasteiger partial charge in [-0.2, -0.15) is 10.2 Å². The highest BCUT2D eigenvalue weighted by Crippen LogP contribution is 2.11. The van der Waals surface area contributed by atoms with Gasteiger partial charge in [-0.25, -0.2) is 0 Å². The molecular weight excluding hydrogens is 254 g/mol. The van der Waals surface area contributed by atoms with Crippen molar-refractivity contribution in [3.8, 4) is 0 Å². The van der Waals surface area contributed by atoms with E-state index in [0.717, 1.165) is 24.5 Å². The van der Waals surface area contributed by atoms with Crippen molar-refractivity contribution in [2.45, 2.75) is 40.4 Å². The average Bonchev–Trinajstić information content (AvgIpc) is 3.03. The third-order valence-corrected chi connectivity index (χ3v) is 3.35. The molecule has 6 heteroatoms. The topological polar surface area (TPSA) is 56.0 Å². The standard InChI is InChI=1S/C14H21N5O/c1-5-18-10-13(11(3)16-18)14(20)17(4)9-12-7-8-15-19(12)6-2/h7-8,10H,5-6,9H2,1-4H3. The Kier molecular flexibility index (Phi) is 4.22. The molecule has 0 unspecified atom stereocenters. The Balaban J connectivity index is 2.14. The van der Waals surface area contributed by atoms with E-state index >= 15 is 0 Å². The zero-order chi connectivity index (χ0) is 14.7. The molecule has 1 amide bonds. The van der Waals surface area contributed by atoms with Crippen LogP contribution in [0, 0.1) is 6.92 Å². The van der Waals surface area contributed by atoms with Gasteiger partial charge in [-0.05, 0) is 26.8 Å². The normalized spacial score (nSPS) is 10.8. The second kappa shape index (κ2) is 5.90. The Bertz CT molecular complexity index is 598. The second-order valence-electron chi connectivity index (χ2n) is 4.78. The summed E-state index contributed by atoms with van der Waals surface area (Å²) in [7, 11) is 1.80. The minimum absolute atomic E-state index is 0.00828. The van der Waals surface area contributed by atoms with Gasteiger partial charge in [0, 0.05) is 32.5 Å². The first kappa shape index (κ1) is 14.3. The largest absolute Gasteiger partial charge is 0.336 e. The zero-order valence-corrected chi connectivity index (χ0v) is 12.5. The van der Waals surface area contributed by atoms with Crippen molar-refractivity contribution in [1.29, 1.82) is 0 Å². The van der Waals surface area contributed by atoms with Crippen LogP contribution in [0.15, 0.2) is 18.5 Å². The molecule has 2 heterocycles. The number of nitrogens with zero attached hydrogens (tertiary/aromatic N) is 5. The third-order valence-electron chi connectivity index (χ3n) is 3.35. The predicted octanol–water partition coefficient (Wildman–Crippen LogP) is 1.70. The van der Waals surface area contributed by atoms with Crippen LogP contribution < -0.4 is 0 Å². The van der Waals surface area contributed by atoms with E-state index in [4.69, 9.17) is 0 Å². The summed E-state index contributed by atoms with van der Waals surface area (Å²) in [5, 5.41) is 8.53. The monoisotopic (exact) mass is 275 g/mol. The van der Waals surface area contributed by atoms with Crippen LogP contribution in [0.2, 0.25) is 0 Å². The van der Waals surface area contributed by atoms with Gasteiger partial charge in [0.2, 0.25) is 0 Å². The van der Waals surface area contributed by atoms with Crippen LogP contribution in [0.4, 0.5) is 0 Å². The zero-order valence-electron chi connectivity index (χ0n) is 12.5. The number of rotatable bonds is 5. The number of hydrogen-bond acceptors (Lipinski definition) is 3. The molecule has 2 aromatic heterocycles. The average molecular weight is 275 g/mol. The first-order valence-electron chi connectivity index (χ1n) is 6.87. The Labute approximate surface area is 119 Å². The predicted molar refractivity (Wildman–Crippen MR) is 76.3 cm³/mol. The molecule has 6 nitrogen and oxygen atoms in total. The van der Waals surface area contributed by atoms with Crippen molar-refractivity contribution in [3.63, 3.8) is 0 Å². The maximum Gasteiger partial charge on any atom is 0.257 e. The van der Waals surface area contributed by atoms with Gasteiger partial charge >= 0.3 is 0 Å². The molecule has 0 aliphatic heterocycles. The fourth-order valence-corrected chi connectivity index (χ4v) is 2.19. The van der Waals surface area contributed by atoms with Crippen molar-refractivity contribution in [2.24, 2.45) is 0 Å². The maximum atomic E-state index is 12.5. The molecule has 0 bridgehead atoms. The Hall–Kier alpha value is -2.11. The quantitative estimate of drug-likeness (QED) is 0.834. The van der Waals surface area contributed by atoms with Crippen molar-refractivity contribution in [3.05, 3.63) is 35.4 Å². The van der Waals surface area contributed by atoms with Crippen LogP contribution in [-0.4, -0.2) is 37.4 Å². The molecule has 108 valence electrons. The van der Waals surface area contributed by atoms with E-state index in [9.17, 15) is 4.79 Å². The Morgan fingerprint density at radius 2 is 2.10 bits per heavy atom. The second-order valence-corrected chi connectivity index (χ2v) is 4.78. The van der Waals surface area contributed by atoms with Gasteiger partial charge in [0.25, 0.3) is 5.91 Å². The summed E-state index contributed by atoms with van der Waals surface area (Å²) < 4.78 is 3.68. The molecule has 0 aromatic carbocycles. The van der Waals surface area contributed by atoms with Gasteiger partial charge in [0.1, 0.15) is 0 Å². The summed E-state index contributed by atoms with van der Waals surface area (Å²) in [6.07, 6.45) is 3.57. The molecule has 0 aliphatic carbocycles. The molecule has 2 aromatic rings. The number of hydrogen-bond donors (Lipinski definition) is 0. The van der Waals surface area contributed by atoms with E-state index in [2.05, 4.69) is 10.2 Å². The van der Waals surface area contributed by atoms with Gasteiger partial charge in [0.05, 0.1) is 23.5 Å². The molecule has 0 spiro atoms. The lowest BCUT2D eigenvalue weighted by Gasteiger charge is -2.17. The number of amides is 1. The molecule has 0 radical (unpaired) electrons. The van der Waals surface area contributed by atoms with Crippen molar-refractivity contribution >= 4 is 5.91 Å². The molecule has 20 heavy (non-hydrogen) atoms. The lowest BCUT2D eigenvalue weighted by Crippen LogP contribution is -2.27. The Morgan fingerprint density at radius 1 is 1.35 bits per heavy atom. The molecule has 0 aliphatic rings. The number of carbonyl (C=O) groups is 1. The fourth-order valence-electron chi connectivity index (χ4n) is 2.19. The molecule has 2 rings (SSSR count). The van der Waals surface area contributed by atoms with Crippen molar-refractivity contribution in [1.82, 2.24) is 24.5 Å². The SMILES string of the molecule is CCn1cc(C(=O)N(C)Cc2ccnn2CC)c(C)n1. The maximum absolute atomic E-state index is 12.5. The van der Waals surface area contributed by atoms with Gasteiger partial charge in [0.15, 0.2) is 0 Å². The minimum atomic E-state index is -0.00828. The molecule has 0 N–H and O–H groups in total. The molecular formula is C14H21N5O. The number of aromatic nitrogens is 4. The number of aryl methyl sites for hydroxylation is 3. The minimum Gasteiger partial charge on any atom is -0.336 e. The van der Waals surface area contributed by atoms with Gasteiger partial charge in [-0.15, -0.1) is 0 Å². The summed E-state index contributed by atoms with van der Waals surface area (Å²) >= 11 is 0. The first-order chi connectivity index (χ1) is 9.56. The molecule has 0 saturated carbocycles.